The van der Waals surface area contributed by atoms with Crippen molar-refractivity contribution in [2.45, 2.75) is 12.6 Å². The van der Waals surface area contributed by atoms with Crippen LogP contribution in [0.5, 0.6) is 0 Å². The molecule has 0 spiro atoms. The van der Waals surface area contributed by atoms with E-state index in [1.807, 2.05) is 13.2 Å². The van der Waals surface area contributed by atoms with Gasteiger partial charge in [0.15, 0.2) is 0 Å². The zero-order chi connectivity index (χ0) is 10.6. The van der Waals surface area contributed by atoms with Gasteiger partial charge in [0.2, 0.25) is 5.91 Å². The molecule has 0 aliphatic rings. The van der Waals surface area contributed by atoms with E-state index in [9.17, 15) is 4.79 Å². The summed E-state index contributed by atoms with van der Waals surface area (Å²) in [6.45, 7) is 0.711. The standard InChI is InChI=1S/C8H14N4O2/c1-12-5-6(3-11-12)2-10-4-7(13)8(9)14/h3,5,7,10,13H,2,4H2,1H3,(H2,9,14). The summed E-state index contributed by atoms with van der Waals surface area (Å²) in [7, 11) is 1.82. The third-order valence-electron chi connectivity index (χ3n) is 1.75. The van der Waals surface area contributed by atoms with E-state index in [1.165, 1.54) is 0 Å². The van der Waals surface area contributed by atoms with Gasteiger partial charge >= 0.3 is 0 Å². The molecule has 78 valence electrons. The highest BCUT2D eigenvalue weighted by Crippen LogP contribution is 1.94. The normalized spacial score (nSPS) is 12.7. The molecule has 1 rings (SSSR count). The molecule has 0 aliphatic carbocycles. The van der Waals surface area contributed by atoms with Gasteiger partial charge in [0.25, 0.3) is 0 Å². The quantitative estimate of drug-likeness (QED) is 0.529. The summed E-state index contributed by atoms with van der Waals surface area (Å²) in [4.78, 5) is 10.5. The van der Waals surface area contributed by atoms with Gasteiger partial charge in [-0.05, 0) is 0 Å². The molecule has 0 aliphatic heterocycles. The number of primary amides is 1. The molecule has 4 N–H and O–H groups in total. The van der Waals surface area contributed by atoms with Crippen LogP contribution < -0.4 is 11.1 Å². The number of rotatable bonds is 5. The van der Waals surface area contributed by atoms with Crippen molar-refractivity contribution >= 4 is 5.91 Å². The number of aliphatic hydroxyl groups excluding tert-OH is 1. The molecule has 0 saturated heterocycles. The SMILES string of the molecule is Cn1cc(CNCC(O)C(N)=O)cn1. The molecular formula is C8H14N4O2. The van der Waals surface area contributed by atoms with E-state index in [0.717, 1.165) is 5.56 Å². The molecule has 0 bridgehead atoms. The van der Waals surface area contributed by atoms with Gasteiger partial charge in [0.1, 0.15) is 6.10 Å². The van der Waals surface area contributed by atoms with Gasteiger partial charge < -0.3 is 16.2 Å². The highest BCUT2D eigenvalue weighted by atomic mass is 16.3. The lowest BCUT2D eigenvalue weighted by Crippen LogP contribution is -2.37. The Kier molecular flexibility index (Phi) is 3.61. The van der Waals surface area contributed by atoms with E-state index in [-0.39, 0.29) is 6.54 Å². The maximum atomic E-state index is 10.5. The van der Waals surface area contributed by atoms with Crippen molar-refractivity contribution in [2.24, 2.45) is 12.8 Å². The van der Waals surface area contributed by atoms with Gasteiger partial charge in [-0.25, -0.2) is 0 Å². The molecule has 6 nitrogen and oxygen atoms in total. The first-order valence-corrected chi connectivity index (χ1v) is 4.25. The summed E-state index contributed by atoms with van der Waals surface area (Å²) in [6.07, 6.45) is 2.43. The van der Waals surface area contributed by atoms with Crippen LogP contribution in [-0.4, -0.2) is 33.4 Å². The van der Waals surface area contributed by atoms with Crippen LogP contribution in [0.25, 0.3) is 0 Å². The second-order valence-corrected chi connectivity index (χ2v) is 3.07. The number of aliphatic hydroxyl groups is 1. The lowest BCUT2D eigenvalue weighted by atomic mass is 10.3. The maximum absolute atomic E-state index is 10.5. The molecular weight excluding hydrogens is 184 g/mol. The predicted octanol–water partition coefficient (Wildman–Crippen LogP) is -1.64. The molecule has 1 heterocycles. The third kappa shape index (κ3) is 3.15. The van der Waals surface area contributed by atoms with Crippen molar-refractivity contribution < 1.29 is 9.90 Å². The van der Waals surface area contributed by atoms with Crippen molar-refractivity contribution in [1.29, 1.82) is 0 Å². The molecule has 1 atom stereocenters. The van der Waals surface area contributed by atoms with Gasteiger partial charge in [-0.1, -0.05) is 0 Å². The molecule has 6 heteroatoms. The maximum Gasteiger partial charge on any atom is 0.247 e. The minimum Gasteiger partial charge on any atom is -0.382 e. The summed E-state index contributed by atoms with van der Waals surface area (Å²) >= 11 is 0. The number of aryl methyl sites for hydroxylation is 1. The Balaban J connectivity index is 2.25. The highest BCUT2D eigenvalue weighted by molar-refractivity contribution is 5.78. The fourth-order valence-corrected chi connectivity index (χ4v) is 1.02. The van der Waals surface area contributed by atoms with Gasteiger partial charge in [-0.2, -0.15) is 5.10 Å². The molecule has 1 aromatic rings. The first-order chi connectivity index (χ1) is 6.59. The average molecular weight is 198 g/mol. The van der Waals surface area contributed by atoms with Crippen LogP contribution in [-0.2, 0) is 18.4 Å². The van der Waals surface area contributed by atoms with Gasteiger partial charge in [-0.15, -0.1) is 0 Å². The van der Waals surface area contributed by atoms with Crippen LogP contribution >= 0.6 is 0 Å². The summed E-state index contributed by atoms with van der Waals surface area (Å²) in [6, 6.07) is 0. The highest BCUT2D eigenvalue weighted by Gasteiger charge is 2.09. The van der Waals surface area contributed by atoms with Crippen molar-refractivity contribution in [3.8, 4) is 0 Å². The number of carbonyl (C=O) groups is 1. The topological polar surface area (TPSA) is 93.2 Å². The number of amides is 1. The first-order valence-electron chi connectivity index (χ1n) is 4.25. The average Bonchev–Trinajstić information content (AvgIpc) is 2.51. The Morgan fingerprint density at radius 1 is 1.86 bits per heavy atom. The Hall–Kier alpha value is -1.40. The Labute approximate surface area is 81.7 Å². The minimum atomic E-state index is -1.13. The van der Waals surface area contributed by atoms with E-state index >= 15 is 0 Å². The predicted molar refractivity (Wildman–Crippen MR) is 50.1 cm³/mol. The van der Waals surface area contributed by atoms with Crippen molar-refractivity contribution in [3.63, 3.8) is 0 Å². The summed E-state index contributed by atoms with van der Waals surface area (Å²) < 4.78 is 1.68. The molecule has 1 amide bonds. The Morgan fingerprint density at radius 3 is 3.07 bits per heavy atom. The van der Waals surface area contributed by atoms with E-state index in [2.05, 4.69) is 10.4 Å². The zero-order valence-corrected chi connectivity index (χ0v) is 7.97. The largest absolute Gasteiger partial charge is 0.382 e. The van der Waals surface area contributed by atoms with Crippen LogP contribution in [0.4, 0.5) is 0 Å². The van der Waals surface area contributed by atoms with Gasteiger partial charge in [0.05, 0.1) is 6.20 Å². The van der Waals surface area contributed by atoms with Crippen molar-refractivity contribution in [2.75, 3.05) is 6.54 Å². The molecule has 0 saturated carbocycles. The lowest BCUT2D eigenvalue weighted by molar-refractivity contribution is -0.125. The number of nitrogens with zero attached hydrogens (tertiary/aromatic N) is 2. The summed E-state index contributed by atoms with van der Waals surface area (Å²) in [5.41, 5.74) is 5.86. The Morgan fingerprint density at radius 2 is 2.57 bits per heavy atom. The van der Waals surface area contributed by atoms with E-state index in [4.69, 9.17) is 10.8 Å². The lowest BCUT2D eigenvalue weighted by Gasteiger charge is -2.06. The van der Waals surface area contributed by atoms with Crippen LogP contribution in [0.2, 0.25) is 0 Å². The molecule has 1 unspecified atom stereocenters. The number of nitrogens with two attached hydrogens (primary N) is 1. The second-order valence-electron chi connectivity index (χ2n) is 3.07. The van der Waals surface area contributed by atoms with Crippen LogP contribution in [0.1, 0.15) is 5.56 Å². The van der Waals surface area contributed by atoms with Gasteiger partial charge in [-0.3, -0.25) is 9.48 Å². The Bertz CT molecular complexity index is 310. The smallest absolute Gasteiger partial charge is 0.247 e. The minimum absolute atomic E-state index is 0.157. The van der Waals surface area contributed by atoms with Crippen LogP contribution in [0.3, 0.4) is 0 Å². The van der Waals surface area contributed by atoms with Gasteiger partial charge in [0, 0.05) is 31.9 Å². The first kappa shape index (κ1) is 10.7. The second kappa shape index (κ2) is 4.73. The van der Waals surface area contributed by atoms with E-state index in [1.54, 1.807) is 10.9 Å². The monoisotopic (exact) mass is 198 g/mol. The van der Waals surface area contributed by atoms with Crippen LogP contribution in [0, 0.1) is 0 Å². The summed E-state index contributed by atoms with van der Waals surface area (Å²) in [5, 5.41) is 15.9. The van der Waals surface area contributed by atoms with E-state index in [0.29, 0.717) is 6.54 Å². The zero-order valence-electron chi connectivity index (χ0n) is 7.97. The summed E-state index contributed by atoms with van der Waals surface area (Å²) in [5.74, 6) is -0.719. The van der Waals surface area contributed by atoms with Crippen molar-refractivity contribution in [1.82, 2.24) is 15.1 Å². The molecule has 0 radical (unpaired) electrons. The number of aromatic nitrogens is 2. The molecule has 0 aromatic carbocycles. The molecule has 14 heavy (non-hydrogen) atoms. The number of hydrogen-bond donors (Lipinski definition) is 3. The number of hydrogen-bond acceptors (Lipinski definition) is 4. The number of carbonyl (C=O) groups excluding carboxylic acids is 1. The van der Waals surface area contributed by atoms with Crippen LogP contribution in [0.15, 0.2) is 12.4 Å². The molecule has 0 fully saturated rings. The molecule has 1 aromatic heterocycles. The third-order valence-corrected chi connectivity index (χ3v) is 1.75. The van der Waals surface area contributed by atoms with Crippen molar-refractivity contribution in [3.05, 3.63) is 18.0 Å². The fraction of sp³-hybridized carbons (Fsp3) is 0.500. The fourth-order valence-electron chi connectivity index (χ4n) is 1.02. The number of nitrogens with one attached hydrogen (secondary N) is 1. The van der Waals surface area contributed by atoms with E-state index < -0.39 is 12.0 Å².